The number of hydrogen-bond donors (Lipinski definition) is 2. The predicted molar refractivity (Wildman–Crippen MR) is 101 cm³/mol. The fraction of sp³-hybridized carbons (Fsp3) is 0.389. The highest BCUT2D eigenvalue weighted by atomic mass is 32.1. The fourth-order valence-corrected chi connectivity index (χ4v) is 2.94. The standard InChI is InChI=1S/C18H26N4S/c1-19-18(21-15-17-11-8-14-23-17)20-12-6-7-13-22(2)16-9-4-3-5-10-16/h3-5,8-11,14H,6-7,12-13,15H2,1-2H3,(H2,19,20,21). The quantitative estimate of drug-likeness (QED) is 0.443. The maximum atomic E-state index is 4.26. The van der Waals surface area contributed by atoms with Gasteiger partial charge in [0, 0.05) is 37.7 Å². The van der Waals surface area contributed by atoms with E-state index >= 15 is 0 Å². The molecule has 0 aliphatic carbocycles. The molecule has 1 aromatic heterocycles. The van der Waals surface area contributed by atoms with Crippen molar-refractivity contribution in [3.8, 4) is 0 Å². The van der Waals surface area contributed by atoms with Gasteiger partial charge in [0.1, 0.15) is 0 Å². The summed E-state index contributed by atoms with van der Waals surface area (Å²) in [5.74, 6) is 0.870. The SMILES string of the molecule is CN=C(NCCCCN(C)c1ccccc1)NCc1cccs1. The first-order chi connectivity index (χ1) is 11.3. The molecule has 1 aromatic carbocycles. The lowest BCUT2D eigenvalue weighted by Crippen LogP contribution is -2.37. The minimum atomic E-state index is 0.827. The summed E-state index contributed by atoms with van der Waals surface area (Å²) >= 11 is 1.76. The van der Waals surface area contributed by atoms with E-state index in [0.717, 1.165) is 38.4 Å². The minimum absolute atomic E-state index is 0.827. The van der Waals surface area contributed by atoms with Crippen LogP contribution in [0.3, 0.4) is 0 Å². The van der Waals surface area contributed by atoms with E-state index in [4.69, 9.17) is 0 Å². The molecule has 0 radical (unpaired) electrons. The highest BCUT2D eigenvalue weighted by Gasteiger charge is 2.01. The molecule has 0 amide bonds. The van der Waals surface area contributed by atoms with E-state index in [0.29, 0.717) is 0 Å². The van der Waals surface area contributed by atoms with Crippen molar-refractivity contribution in [2.24, 2.45) is 4.99 Å². The van der Waals surface area contributed by atoms with Gasteiger partial charge in [0.05, 0.1) is 6.54 Å². The number of rotatable bonds is 8. The second-order valence-electron chi connectivity index (χ2n) is 5.40. The van der Waals surface area contributed by atoms with Crippen molar-refractivity contribution in [1.29, 1.82) is 0 Å². The maximum absolute atomic E-state index is 4.26. The van der Waals surface area contributed by atoms with Gasteiger partial charge in [0.2, 0.25) is 0 Å². The molecule has 0 unspecified atom stereocenters. The highest BCUT2D eigenvalue weighted by Crippen LogP contribution is 2.11. The third-order valence-electron chi connectivity index (χ3n) is 3.64. The summed E-state index contributed by atoms with van der Waals surface area (Å²) < 4.78 is 0. The van der Waals surface area contributed by atoms with Crippen LogP contribution < -0.4 is 15.5 Å². The van der Waals surface area contributed by atoms with E-state index in [-0.39, 0.29) is 0 Å². The summed E-state index contributed by atoms with van der Waals surface area (Å²) in [7, 11) is 3.96. The molecule has 0 aliphatic heterocycles. The van der Waals surface area contributed by atoms with Crippen molar-refractivity contribution in [3.63, 3.8) is 0 Å². The maximum Gasteiger partial charge on any atom is 0.191 e. The number of para-hydroxylation sites is 1. The molecule has 23 heavy (non-hydrogen) atoms. The molecule has 124 valence electrons. The van der Waals surface area contributed by atoms with Gasteiger partial charge in [-0.15, -0.1) is 11.3 Å². The van der Waals surface area contributed by atoms with Crippen LogP contribution in [0.4, 0.5) is 5.69 Å². The van der Waals surface area contributed by atoms with Gasteiger partial charge in [-0.1, -0.05) is 24.3 Å². The first-order valence-corrected chi connectivity index (χ1v) is 8.90. The van der Waals surface area contributed by atoms with E-state index in [1.54, 1.807) is 11.3 Å². The molecule has 5 heteroatoms. The summed E-state index contributed by atoms with van der Waals surface area (Å²) in [5.41, 5.74) is 1.27. The minimum Gasteiger partial charge on any atom is -0.375 e. The van der Waals surface area contributed by atoms with Crippen molar-refractivity contribution in [3.05, 3.63) is 52.7 Å². The number of anilines is 1. The summed E-state index contributed by atoms with van der Waals surface area (Å²) in [4.78, 5) is 7.87. The number of thiophene rings is 1. The Bertz CT molecular complexity index is 566. The van der Waals surface area contributed by atoms with Gasteiger partial charge in [-0.05, 0) is 36.4 Å². The second-order valence-corrected chi connectivity index (χ2v) is 6.43. The highest BCUT2D eigenvalue weighted by molar-refractivity contribution is 7.09. The Labute approximate surface area is 143 Å². The average Bonchev–Trinajstić information content (AvgIpc) is 3.11. The molecule has 0 spiro atoms. The van der Waals surface area contributed by atoms with Crippen molar-refractivity contribution >= 4 is 23.0 Å². The normalized spacial score (nSPS) is 11.3. The molecule has 0 saturated carbocycles. The molecule has 2 aromatic rings. The summed E-state index contributed by atoms with van der Waals surface area (Å²) in [5, 5.41) is 8.80. The third-order valence-corrected chi connectivity index (χ3v) is 4.52. The van der Waals surface area contributed by atoms with Crippen molar-refractivity contribution in [1.82, 2.24) is 10.6 Å². The molecule has 0 bridgehead atoms. The Kier molecular flexibility index (Phi) is 7.46. The molecule has 2 N–H and O–H groups in total. The summed E-state index contributed by atoms with van der Waals surface area (Å²) in [6.45, 7) is 2.83. The largest absolute Gasteiger partial charge is 0.375 e. The topological polar surface area (TPSA) is 39.7 Å². The van der Waals surface area contributed by atoms with Crippen LogP contribution in [0.1, 0.15) is 17.7 Å². The van der Waals surface area contributed by atoms with Gasteiger partial charge in [0.25, 0.3) is 0 Å². The van der Waals surface area contributed by atoms with Crippen molar-refractivity contribution < 1.29 is 0 Å². The Balaban J connectivity index is 1.58. The number of nitrogens with zero attached hydrogens (tertiary/aromatic N) is 2. The Morgan fingerprint density at radius 3 is 2.61 bits per heavy atom. The predicted octanol–water partition coefficient (Wildman–Crippen LogP) is 3.33. The molecule has 0 fully saturated rings. The smallest absolute Gasteiger partial charge is 0.191 e. The van der Waals surface area contributed by atoms with E-state index in [1.165, 1.54) is 10.6 Å². The lowest BCUT2D eigenvalue weighted by molar-refractivity contribution is 0.687. The molecule has 0 atom stereocenters. The van der Waals surface area contributed by atoms with Gasteiger partial charge >= 0.3 is 0 Å². The number of nitrogens with one attached hydrogen (secondary N) is 2. The molecule has 4 nitrogen and oxygen atoms in total. The van der Waals surface area contributed by atoms with Crippen LogP contribution >= 0.6 is 11.3 Å². The molecular formula is C18H26N4S. The van der Waals surface area contributed by atoms with Crippen molar-refractivity contribution in [2.45, 2.75) is 19.4 Å². The number of guanidine groups is 1. The lowest BCUT2D eigenvalue weighted by atomic mass is 10.2. The molecule has 1 heterocycles. The van der Waals surface area contributed by atoms with Crippen molar-refractivity contribution in [2.75, 3.05) is 32.1 Å². The molecule has 0 aliphatic rings. The van der Waals surface area contributed by atoms with Crippen LogP contribution in [0.25, 0.3) is 0 Å². The zero-order valence-corrected chi connectivity index (χ0v) is 14.8. The Morgan fingerprint density at radius 1 is 1.09 bits per heavy atom. The van der Waals surface area contributed by atoms with Gasteiger partial charge in [0.15, 0.2) is 5.96 Å². The first kappa shape index (κ1) is 17.3. The van der Waals surface area contributed by atoms with Crippen LogP contribution in [0, 0.1) is 0 Å². The van der Waals surface area contributed by atoms with E-state index in [1.807, 2.05) is 7.05 Å². The zero-order chi connectivity index (χ0) is 16.3. The Morgan fingerprint density at radius 2 is 1.91 bits per heavy atom. The van der Waals surface area contributed by atoms with Crippen LogP contribution in [-0.2, 0) is 6.54 Å². The number of aliphatic imine (C=N–C) groups is 1. The first-order valence-electron chi connectivity index (χ1n) is 8.02. The zero-order valence-electron chi connectivity index (χ0n) is 14.0. The number of benzene rings is 1. The van der Waals surface area contributed by atoms with E-state index in [9.17, 15) is 0 Å². The third kappa shape index (κ3) is 6.32. The van der Waals surface area contributed by atoms with Crippen LogP contribution in [0.2, 0.25) is 0 Å². The molecular weight excluding hydrogens is 304 g/mol. The summed E-state index contributed by atoms with van der Waals surface area (Å²) in [6, 6.07) is 14.7. The van der Waals surface area contributed by atoms with Crippen LogP contribution in [0.15, 0.2) is 52.8 Å². The van der Waals surface area contributed by atoms with Gasteiger partial charge < -0.3 is 15.5 Å². The number of hydrogen-bond acceptors (Lipinski definition) is 3. The second kappa shape index (κ2) is 9.90. The molecule has 2 rings (SSSR count). The van der Waals surface area contributed by atoms with Crippen LogP contribution in [0.5, 0.6) is 0 Å². The Hall–Kier alpha value is -2.01. The summed E-state index contributed by atoms with van der Waals surface area (Å²) in [6.07, 6.45) is 2.27. The lowest BCUT2D eigenvalue weighted by Gasteiger charge is -2.19. The van der Waals surface area contributed by atoms with Gasteiger partial charge in [-0.2, -0.15) is 0 Å². The van der Waals surface area contributed by atoms with Gasteiger partial charge in [-0.3, -0.25) is 4.99 Å². The fourth-order valence-electron chi connectivity index (χ4n) is 2.30. The van der Waals surface area contributed by atoms with E-state index in [2.05, 4.69) is 75.4 Å². The average molecular weight is 331 g/mol. The molecule has 0 saturated heterocycles. The van der Waals surface area contributed by atoms with Crippen LogP contribution in [-0.4, -0.2) is 33.1 Å². The monoisotopic (exact) mass is 330 g/mol. The van der Waals surface area contributed by atoms with E-state index < -0.39 is 0 Å². The van der Waals surface area contributed by atoms with Gasteiger partial charge in [-0.25, -0.2) is 0 Å². The number of unbranched alkanes of at least 4 members (excludes halogenated alkanes) is 1.